The molecule has 0 aliphatic rings. The molecule has 3 nitrogen and oxygen atoms in total. The van der Waals surface area contributed by atoms with E-state index in [1.165, 1.54) is 5.56 Å². The van der Waals surface area contributed by atoms with E-state index in [0.29, 0.717) is 13.2 Å². The summed E-state index contributed by atoms with van der Waals surface area (Å²) in [6, 6.07) is 6.10. The molecule has 0 aliphatic carbocycles. The maximum absolute atomic E-state index is 11.1. The highest BCUT2D eigenvalue weighted by molar-refractivity contribution is 5.69. The van der Waals surface area contributed by atoms with Gasteiger partial charge in [0.05, 0.1) is 6.42 Å². The number of carbonyl (C=O) groups excluding carboxylic acids is 1. The van der Waals surface area contributed by atoms with Gasteiger partial charge in [0, 0.05) is 6.54 Å². The number of ether oxygens (including phenoxy) is 1. The van der Waals surface area contributed by atoms with Gasteiger partial charge in [-0.2, -0.15) is 0 Å². The van der Waals surface area contributed by atoms with Gasteiger partial charge in [0.15, 0.2) is 0 Å². The predicted octanol–water partition coefficient (Wildman–Crippen LogP) is 1.70. The average molecular weight is 207 g/mol. The van der Waals surface area contributed by atoms with E-state index in [1.54, 1.807) is 0 Å². The number of hydrogen-bond donors (Lipinski definition) is 1. The Balaban J connectivity index is 2.57. The fourth-order valence-electron chi connectivity index (χ4n) is 1.30. The van der Waals surface area contributed by atoms with Crippen molar-refractivity contribution in [2.24, 2.45) is 5.73 Å². The summed E-state index contributed by atoms with van der Waals surface area (Å²) in [7, 11) is 0. The number of benzene rings is 1. The summed E-state index contributed by atoms with van der Waals surface area (Å²) in [6.45, 7) is 4.70. The molecule has 3 heteroatoms. The lowest BCUT2D eigenvalue weighted by Crippen LogP contribution is -2.11. The van der Waals surface area contributed by atoms with Gasteiger partial charge in [-0.15, -0.1) is 0 Å². The molecule has 0 spiro atoms. The molecule has 82 valence electrons. The zero-order valence-corrected chi connectivity index (χ0v) is 9.25. The van der Waals surface area contributed by atoms with Crippen LogP contribution in [0.4, 0.5) is 0 Å². The van der Waals surface area contributed by atoms with E-state index in [4.69, 9.17) is 10.5 Å². The second-order valence-corrected chi connectivity index (χ2v) is 3.63. The lowest BCUT2D eigenvalue weighted by Gasteiger charge is -2.08. The van der Waals surface area contributed by atoms with Crippen LogP contribution < -0.4 is 5.73 Å². The first-order chi connectivity index (χ1) is 7.13. The van der Waals surface area contributed by atoms with Crippen LogP contribution in [0.2, 0.25) is 0 Å². The molecule has 15 heavy (non-hydrogen) atoms. The van der Waals surface area contributed by atoms with Gasteiger partial charge in [0.1, 0.15) is 6.61 Å². The standard InChI is InChI=1S/C12H17NO2/c1-9-3-4-10(2)11(7-9)8-15-12(14)5-6-13/h3-4,7H,5-6,8,13H2,1-2H3. The first-order valence-corrected chi connectivity index (χ1v) is 5.05. The van der Waals surface area contributed by atoms with Crippen molar-refractivity contribution in [3.8, 4) is 0 Å². The van der Waals surface area contributed by atoms with Crippen molar-refractivity contribution in [1.82, 2.24) is 0 Å². The van der Waals surface area contributed by atoms with Gasteiger partial charge in [-0.1, -0.05) is 23.8 Å². The van der Waals surface area contributed by atoms with E-state index in [2.05, 4.69) is 0 Å². The van der Waals surface area contributed by atoms with E-state index < -0.39 is 0 Å². The molecule has 0 unspecified atom stereocenters. The van der Waals surface area contributed by atoms with Gasteiger partial charge in [0.25, 0.3) is 0 Å². The zero-order valence-electron chi connectivity index (χ0n) is 9.25. The number of esters is 1. The normalized spacial score (nSPS) is 10.1. The lowest BCUT2D eigenvalue weighted by atomic mass is 10.1. The van der Waals surface area contributed by atoms with Crippen molar-refractivity contribution in [3.05, 3.63) is 34.9 Å². The second kappa shape index (κ2) is 5.51. The van der Waals surface area contributed by atoms with Crippen molar-refractivity contribution in [2.75, 3.05) is 6.54 Å². The van der Waals surface area contributed by atoms with Crippen molar-refractivity contribution in [3.63, 3.8) is 0 Å². The predicted molar refractivity (Wildman–Crippen MR) is 59.4 cm³/mol. The molecule has 0 atom stereocenters. The summed E-state index contributed by atoms with van der Waals surface area (Å²) < 4.78 is 5.09. The van der Waals surface area contributed by atoms with Gasteiger partial charge in [-0.3, -0.25) is 4.79 Å². The van der Waals surface area contributed by atoms with Crippen molar-refractivity contribution in [1.29, 1.82) is 0 Å². The number of aryl methyl sites for hydroxylation is 2. The molecule has 1 aromatic carbocycles. The number of rotatable bonds is 4. The Bertz CT molecular complexity index is 347. The number of hydrogen-bond acceptors (Lipinski definition) is 3. The first kappa shape index (κ1) is 11.7. The molecule has 0 fully saturated rings. The third-order valence-electron chi connectivity index (χ3n) is 2.24. The van der Waals surface area contributed by atoms with Gasteiger partial charge < -0.3 is 10.5 Å². The largest absolute Gasteiger partial charge is 0.461 e. The quantitative estimate of drug-likeness (QED) is 0.764. The van der Waals surface area contributed by atoms with Crippen LogP contribution in [0.5, 0.6) is 0 Å². The van der Waals surface area contributed by atoms with Crippen LogP contribution in [0.15, 0.2) is 18.2 Å². The molecule has 1 rings (SSSR count). The minimum atomic E-state index is -0.238. The molecule has 0 aromatic heterocycles. The van der Waals surface area contributed by atoms with Crippen molar-refractivity contribution in [2.45, 2.75) is 26.9 Å². The Labute approximate surface area is 90.2 Å². The first-order valence-electron chi connectivity index (χ1n) is 5.05. The van der Waals surface area contributed by atoms with E-state index in [1.807, 2.05) is 32.0 Å². The SMILES string of the molecule is Cc1ccc(C)c(COC(=O)CCN)c1. The Morgan fingerprint density at radius 3 is 2.80 bits per heavy atom. The Morgan fingerprint density at radius 2 is 2.13 bits per heavy atom. The summed E-state index contributed by atoms with van der Waals surface area (Å²) >= 11 is 0. The highest BCUT2D eigenvalue weighted by Crippen LogP contribution is 2.11. The minimum absolute atomic E-state index is 0.238. The molecule has 0 aliphatic heterocycles. The molecule has 0 bridgehead atoms. The van der Waals surface area contributed by atoms with Gasteiger partial charge in [0.2, 0.25) is 0 Å². The summed E-state index contributed by atoms with van der Waals surface area (Å²) in [6.07, 6.45) is 0.283. The summed E-state index contributed by atoms with van der Waals surface area (Å²) in [5, 5.41) is 0. The topological polar surface area (TPSA) is 52.3 Å². The maximum Gasteiger partial charge on any atom is 0.307 e. The van der Waals surface area contributed by atoms with Crippen LogP contribution in [0, 0.1) is 13.8 Å². The molecule has 0 saturated carbocycles. The van der Waals surface area contributed by atoms with Gasteiger partial charge >= 0.3 is 5.97 Å². The summed E-state index contributed by atoms with van der Waals surface area (Å²) in [5.74, 6) is -0.238. The van der Waals surface area contributed by atoms with Gasteiger partial charge in [-0.05, 0) is 25.0 Å². The van der Waals surface area contributed by atoms with E-state index in [9.17, 15) is 4.79 Å². The van der Waals surface area contributed by atoms with E-state index in [0.717, 1.165) is 11.1 Å². The zero-order chi connectivity index (χ0) is 11.3. The van der Waals surface area contributed by atoms with E-state index in [-0.39, 0.29) is 12.4 Å². The molecule has 1 aromatic rings. The third kappa shape index (κ3) is 3.72. The highest BCUT2D eigenvalue weighted by Gasteiger charge is 2.03. The Morgan fingerprint density at radius 1 is 1.40 bits per heavy atom. The maximum atomic E-state index is 11.1. The third-order valence-corrected chi connectivity index (χ3v) is 2.24. The Kier molecular flexibility index (Phi) is 4.31. The molecule has 0 radical (unpaired) electrons. The lowest BCUT2D eigenvalue weighted by molar-refractivity contribution is -0.144. The minimum Gasteiger partial charge on any atom is -0.461 e. The van der Waals surface area contributed by atoms with Crippen LogP contribution in [0.3, 0.4) is 0 Å². The van der Waals surface area contributed by atoms with E-state index >= 15 is 0 Å². The molecule has 0 heterocycles. The summed E-state index contributed by atoms with van der Waals surface area (Å²) in [4.78, 5) is 11.1. The monoisotopic (exact) mass is 207 g/mol. The molecular weight excluding hydrogens is 190 g/mol. The van der Waals surface area contributed by atoms with Gasteiger partial charge in [-0.25, -0.2) is 0 Å². The summed E-state index contributed by atoms with van der Waals surface area (Å²) in [5.41, 5.74) is 8.62. The molecule has 0 amide bonds. The second-order valence-electron chi connectivity index (χ2n) is 3.63. The van der Waals surface area contributed by atoms with Crippen molar-refractivity contribution >= 4 is 5.97 Å². The van der Waals surface area contributed by atoms with Crippen LogP contribution in [0.25, 0.3) is 0 Å². The molecule has 2 N–H and O–H groups in total. The van der Waals surface area contributed by atoms with Crippen LogP contribution in [-0.4, -0.2) is 12.5 Å². The van der Waals surface area contributed by atoms with Crippen molar-refractivity contribution < 1.29 is 9.53 Å². The number of nitrogens with two attached hydrogens (primary N) is 1. The Hall–Kier alpha value is -1.35. The molecule has 0 saturated heterocycles. The number of carbonyl (C=O) groups is 1. The van der Waals surface area contributed by atoms with Crippen LogP contribution in [-0.2, 0) is 16.1 Å². The fraction of sp³-hybridized carbons (Fsp3) is 0.417. The van der Waals surface area contributed by atoms with Crippen LogP contribution in [0.1, 0.15) is 23.1 Å². The molecular formula is C12H17NO2. The smallest absolute Gasteiger partial charge is 0.307 e. The average Bonchev–Trinajstić information content (AvgIpc) is 2.20. The van der Waals surface area contributed by atoms with Crippen LogP contribution >= 0.6 is 0 Å². The fourth-order valence-corrected chi connectivity index (χ4v) is 1.30. The highest BCUT2D eigenvalue weighted by atomic mass is 16.5.